The molecule has 4 atom stereocenters. The Hall–Kier alpha value is -0.0800. The second-order valence-corrected chi connectivity index (χ2v) is 8.42. The molecule has 1 aliphatic carbocycles. The first-order chi connectivity index (χ1) is 10.6. The maximum absolute atomic E-state index is 6.17. The van der Waals surface area contributed by atoms with E-state index < -0.39 is 0 Å². The van der Waals surface area contributed by atoms with E-state index in [1.807, 2.05) is 0 Å². The van der Waals surface area contributed by atoms with E-state index in [4.69, 9.17) is 5.73 Å². The molecule has 1 heterocycles. The zero-order valence-corrected chi connectivity index (χ0v) is 15.4. The van der Waals surface area contributed by atoms with E-state index in [-0.39, 0.29) is 0 Å². The molecule has 2 aliphatic rings. The monoisotopic (exact) mass is 308 g/mol. The molecule has 2 nitrogen and oxygen atoms in total. The summed E-state index contributed by atoms with van der Waals surface area (Å²) in [5, 5.41) is 0. The highest BCUT2D eigenvalue weighted by atomic mass is 15.2. The lowest BCUT2D eigenvalue weighted by Crippen LogP contribution is -2.46. The Balaban J connectivity index is 1.89. The van der Waals surface area contributed by atoms with Gasteiger partial charge >= 0.3 is 0 Å². The minimum atomic E-state index is 0.456. The summed E-state index contributed by atoms with van der Waals surface area (Å²) in [5.41, 5.74) is 6.63. The Kier molecular flexibility index (Phi) is 7.21. The van der Waals surface area contributed by atoms with E-state index in [9.17, 15) is 0 Å². The molecule has 130 valence electrons. The lowest BCUT2D eigenvalue weighted by molar-refractivity contribution is 0.0970. The van der Waals surface area contributed by atoms with Crippen molar-refractivity contribution in [1.29, 1.82) is 0 Å². The van der Waals surface area contributed by atoms with Gasteiger partial charge in [0.25, 0.3) is 0 Å². The Morgan fingerprint density at radius 3 is 1.91 bits per heavy atom. The standard InChI is InChI=1S/C20H40N2/c1-4-6-8-10-12-20(3,11-9-7-5-2)22-15-17-13-19(21)14-18(17)16-22/h17-19H,4-16,21H2,1-3H3/t17-,18+,19?,20?. The summed E-state index contributed by atoms with van der Waals surface area (Å²) in [6.07, 6.45) is 15.1. The zero-order valence-electron chi connectivity index (χ0n) is 15.4. The molecule has 1 aliphatic heterocycles. The maximum atomic E-state index is 6.17. The largest absolute Gasteiger partial charge is 0.328 e. The fourth-order valence-corrected chi connectivity index (χ4v) is 4.92. The van der Waals surface area contributed by atoms with Crippen LogP contribution in [0, 0.1) is 11.8 Å². The number of nitrogens with zero attached hydrogens (tertiary/aromatic N) is 1. The van der Waals surface area contributed by atoms with Gasteiger partial charge in [-0.15, -0.1) is 0 Å². The van der Waals surface area contributed by atoms with Crippen molar-refractivity contribution in [3.05, 3.63) is 0 Å². The quantitative estimate of drug-likeness (QED) is 0.578. The summed E-state index contributed by atoms with van der Waals surface area (Å²) < 4.78 is 0. The van der Waals surface area contributed by atoms with Crippen molar-refractivity contribution < 1.29 is 0 Å². The van der Waals surface area contributed by atoms with Crippen molar-refractivity contribution in [2.75, 3.05) is 13.1 Å². The van der Waals surface area contributed by atoms with Crippen LogP contribution in [0.5, 0.6) is 0 Å². The smallest absolute Gasteiger partial charge is 0.0181 e. The third-order valence-corrected chi connectivity index (χ3v) is 6.44. The van der Waals surface area contributed by atoms with Crippen LogP contribution in [0.15, 0.2) is 0 Å². The van der Waals surface area contributed by atoms with E-state index in [0.717, 1.165) is 11.8 Å². The van der Waals surface area contributed by atoms with Gasteiger partial charge < -0.3 is 5.73 Å². The van der Waals surface area contributed by atoms with Crippen molar-refractivity contribution in [2.45, 2.75) is 103 Å². The minimum absolute atomic E-state index is 0.456. The normalized spacial score (nSPS) is 31.4. The van der Waals surface area contributed by atoms with Gasteiger partial charge in [0.1, 0.15) is 0 Å². The molecule has 0 amide bonds. The van der Waals surface area contributed by atoms with Crippen LogP contribution in [0.2, 0.25) is 0 Å². The summed E-state index contributed by atoms with van der Waals surface area (Å²) in [7, 11) is 0. The molecule has 22 heavy (non-hydrogen) atoms. The fourth-order valence-electron chi connectivity index (χ4n) is 4.92. The topological polar surface area (TPSA) is 29.3 Å². The summed E-state index contributed by atoms with van der Waals surface area (Å²) in [6.45, 7) is 9.85. The van der Waals surface area contributed by atoms with Gasteiger partial charge in [-0.1, -0.05) is 58.8 Å². The Labute approximate surface area is 139 Å². The third-order valence-electron chi connectivity index (χ3n) is 6.44. The molecule has 2 fully saturated rings. The molecule has 0 radical (unpaired) electrons. The van der Waals surface area contributed by atoms with E-state index in [1.54, 1.807) is 0 Å². The Morgan fingerprint density at radius 1 is 0.864 bits per heavy atom. The number of likely N-dealkylation sites (tertiary alicyclic amines) is 1. The van der Waals surface area contributed by atoms with Crippen molar-refractivity contribution in [3.8, 4) is 0 Å². The molecule has 2 heteroatoms. The number of nitrogens with two attached hydrogens (primary N) is 1. The molecule has 0 aromatic carbocycles. The first-order valence-electron chi connectivity index (χ1n) is 10.1. The van der Waals surface area contributed by atoms with Crippen LogP contribution in [0.4, 0.5) is 0 Å². The maximum Gasteiger partial charge on any atom is 0.0181 e. The van der Waals surface area contributed by atoms with Crippen LogP contribution in [0.25, 0.3) is 0 Å². The molecule has 2 rings (SSSR count). The van der Waals surface area contributed by atoms with Crippen molar-refractivity contribution >= 4 is 0 Å². The van der Waals surface area contributed by atoms with Gasteiger partial charge in [-0.3, -0.25) is 4.90 Å². The van der Waals surface area contributed by atoms with Gasteiger partial charge in [-0.2, -0.15) is 0 Å². The average molecular weight is 309 g/mol. The fraction of sp³-hybridized carbons (Fsp3) is 1.00. The second kappa shape index (κ2) is 8.68. The van der Waals surface area contributed by atoms with E-state index in [1.165, 1.54) is 83.7 Å². The van der Waals surface area contributed by atoms with Crippen LogP contribution >= 0.6 is 0 Å². The second-order valence-electron chi connectivity index (χ2n) is 8.42. The van der Waals surface area contributed by atoms with Crippen LogP contribution < -0.4 is 5.73 Å². The summed E-state index contributed by atoms with van der Waals surface area (Å²) in [6, 6.07) is 0.494. The van der Waals surface area contributed by atoms with Crippen LogP contribution in [-0.4, -0.2) is 29.6 Å². The Morgan fingerprint density at radius 2 is 1.36 bits per heavy atom. The molecule has 2 unspecified atom stereocenters. The molecule has 0 aromatic rings. The average Bonchev–Trinajstić information content (AvgIpc) is 3.01. The summed E-state index contributed by atoms with van der Waals surface area (Å²) in [5.74, 6) is 1.80. The lowest BCUT2D eigenvalue weighted by atomic mass is 9.86. The highest BCUT2D eigenvalue weighted by molar-refractivity contribution is 4.99. The number of hydrogen-bond donors (Lipinski definition) is 1. The van der Waals surface area contributed by atoms with Crippen molar-refractivity contribution in [2.24, 2.45) is 17.6 Å². The third kappa shape index (κ3) is 4.71. The van der Waals surface area contributed by atoms with E-state index >= 15 is 0 Å². The van der Waals surface area contributed by atoms with Crippen molar-refractivity contribution in [1.82, 2.24) is 4.90 Å². The van der Waals surface area contributed by atoms with Gasteiger partial charge in [-0.25, -0.2) is 0 Å². The number of hydrogen-bond acceptors (Lipinski definition) is 2. The number of rotatable bonds is 10. The van der Waals surface area contributed by atoms with Crippen LogP contribution in [-0.2, 0) is 0 Å². The van der Waals surface area contributed by atoms with E-state index in [2.05, 4.69) is 25.7 Å². The summed E-state index contributed by atoms with van der Waals surface area (Å²) in [4.78, 5) is 2.87. The van der Waals surface area contributed by atoms with E-state index in [0.29, 0.717) is 11.6 Å². The van der Waals surface area contributed by atoms with Crippen LogP contribution in [0.3, 0.4) is 0 Å². The van der Waals surface area contributed by atoms with Gasteiger partial charge in [0.05, 0.1) is 0 Å². The molecule has 0 spiro atoms. The van der Waals surface area contributed by atoms with Gasteiger partial charge in [0, 0.05) is 24.7 Å². The molecular weight excluding hydrogens is 268 g/mol. The Bertz CT molecular complexity index is 303. The molecular formula is C20H40N2. The predicted molar refractivity (Wildman–Crippen MR) is 97.1 cm³/mol. The number of unbranched alkanes of at least 4 members (excludes halogenated alkanes) is 5. The SMILES string of the molecule is CCCCCCC(C)(CCCCC)N1C[C@H]2CC(N)C[C@H]2C1. The molecule has 1 saturated carbocycles. The van der Waals surface area contributed by atoms with Crippen molar-refractivity contribution in [3.63, 3.8) is 0 Å². The lowest BCUT2D eigenvalue weighted by Gasteiger charge is -2.40. The highest BCUT2D eigenvalue weighted by Gasteiger charge is 2.44. The predicted octanol–water partition coefficient (Wildman–Crippen LogP) is 4.96. The molecule has 0 bridgehead atoms. The first kappa shape index (κ1) is 18.3. The zero-order chi connectivity index (χ0) is 16.0. The molecule has 2 N–H and O–H groups in total. The van der Waals surface area contributed by atoms with Gasteiger partial charge in [-0.05, 0) is 44.4 Å². The van der Waals surface area contributed by atoms with Gasteiger partial charge in [0.2, 0.25) is 0 Å². The number of fused-ring (bicyclic) bond motifs is 1. The first-order valence-corrected chi connectivity index (χ1v) is 10.1. The summed E-state index contributed by atoms with van der Waals surface area (Å²) >= 11 is 0. The highest BCUT2D eigenvalue weighted by Crippen LogP contribution is 2.42. The minimum Gasteiger partial charge on any atom is -0.328 e. The molecule has 1 saturated heterocycles. The molecule has 0 aromatic heterocycles. The van der Waals surface area contributed by atoms with Crippen LogP contribution in [0.1, 0.15) is 91.4 Å². The van der Waals surface area contributed by atoms with Gasteiger partial charge in [0.15, 0.2) is 0 Å².